The average molecular weight is 467 g/mol. The molecule has 3 atom stereocenters. The Balaban J connectivity index is 1.45. The van der Waals surface area contributed by atoms with Crippen LogP contribution in [-0.4, -0.2) is 60.6 Å². The topological polar surface area (TPSA) is 103 Å². The zero-order chi connectivity index (χ0) is 22.9. The molecule has 3 unspecified atom stereocenters. The molecule has 9 nitrogen and oxygen atoms in total. The van der Waals surface area contributed by atoms with Gasteiger partial charge in [-0.05, 0) is 19.1 Å². The van der Waals surface area contributed by atoms with Crippen molar-refractivity contribution in [3.63, 3.8) is 0 Å². The molecule has 0 saturated carbocycles. The second-order valence-corrected chi connectivity index (χ2v) is 9.19. The average Bonchev–Trinajstić information content (AvgIpc) is 3.23. The Labute approximate surface area is 196 Å². The summed E-state index contributed by atoms with van der Waals surface area (Å²) in [5.41, 5.74) is 4.05. The lowest BCUT2D eigenvalue weighted by atomic mass is 10.0. The van der Waals surface area contributed by atoms with E-state index in [4.69, 9.17) is 10.00 Å². The first-order valence-electron chi connectivity index (χ1n) is 11.0. The second kappa shape index (κ2) is 9.13. The lowest BCUT2D eigenvalue weighted by Crippen LogP contribution is -2.88. The maximum absolute atomic E-state index is 11.9. The third kappa shape index (κ3) is 4.21. The van der Waals surface area contributed by atoms with Crippen molar-refractivity contribution in [2.75, 3.05) is 49.2 Å². The number of thiazole rings is 1. The number of morpholine rings is 1. The molecule has 2 N–H and O–H groups in total. The minimum Gasteiger partial charge on any atom is -0.632 e. The highest BCUT2D eigenvalue weighted by molar-refractivity contribution is 7.16. The molecule has 0 spiro atoms. The van der Waals surface area contributed by atoms with Gasteiger partial charge in [0, 0.05) is 61.1 Å². The summed E-state index contributed by atoms with van der Waals surface area (Å²) < 4.78 is 5.54. The van der Waals surface area contributed by atoms with Gasteiger partial charge in [-0.1, -0.05) is 23.5 Å². The van der Waals surface area contributed by atoms with Crippen molar-refractivity contribution >= 4 is 27.9 Å². The molecular weight excluding hydrogens is 440 g/mol. The molecule has 2 fully saturated rings. The molecule has 2 aromatic rings. The summed E-state index contributed by atoms with van der Waals surface area (Å²) >= 11 is 1.38. The zero-order valence-electron chi connectivity index (χ0n) is 18.3. The van der Waals surface area contributed by atoms with Crippen LogP contribution in [0.5, 0.6) is 0 Å². The van der Waals surface area contributed by atoms with Crippen molar-refractivity contribution in [3.8, 4) is 6.07 Å². The molecule has 0 radical (unpaired) electrons. The number of hydroxylamine groups is 2. The van der Waals surface area contributed by atoms with Crippen LogP contribution in [0.25, 0.3) is 5.70 Å². The fourth-order valence-electron chi connectivity index (χ4n) is 4.42. The fourth-order valence-corrected chi connectivity index (χ4v) is 5.14. The summed E-state index contributed by atoms with van der Waals surface area (Å²) in [6.45, 7) is 6.48. The standard InChI is InChI=1S/C23H26N6O3S/c1-2-19(26-5-7-28(8-6-26)23-25-15-17(14-24)33-23)18-13-16(21-22(30)29(21)31)3-4-20(18)27-9-11-32-12-10-27/h2-5,7,13,15,21-22,29-30H,6,8-12H2,1H3/b19-2-. The number of hydrogen-bond donors (Lipinski definition) is 2. The number of anilines is 2. The molecule has 2 saturated heterocycles. The van der Waals surface area contributed by atoms with E-state index in [1.165, 1.54) is 11.3 Å². The zero-order valence-corrected chi connectivity index (χ0v) is 19.2. The fraction of sp³-hybridized carbons (Fsp3) is 0.391. The summed E-state index contributed by atoms with van der Waals surface area (Å²) in [7, 11) is 0. The van der Waals surface area contributed by atoms with Crippen molar-refractivity contribution < 1.29 is 14.9 Å². The first-order chi connectivity index (χ1) is 16.1. The van der Waals surface area contributed by atoms with E-state index in [1.54, 1.807) is 6.20 Å². The molecule has 1 aromatic heterocycles. The highest BCUT2D eigenvalue weighted by atomic mass is 32.1. The summed E-state index contributed by atoms with van der Waals surface area (Å²) in [4.78, 5) is 11.5. The molecule has 3 aliphatic rings. The van der Waals surface area contributed by atoms with Crippen LogP contribution in [0, 0.1) is 16.5 Å². The summed E-state index contributed by atoms with van der Waals surface area (Å²) in [6, 6.07) is 7.80. The molecule has 0 aliphatic carbocycles. The number of quaternary nitrogens is 1. The van der Waals surface area contributed by atoms with Gasteiger partial charge in [0.05, 0.1) is 19.4 Å². The lowest BCUT2D eigenvalue weighted by molar-refractivity contribution is -0.749. The SMILES string of the molecule is C/C=C(/c1cc(C2C(O)[NH+]2[O-])ccc1N1CCOCC1)N1C=CN(c2ncc(C#N)s2)CC1. The number of nitrogens with one attached hydrogen (secondary N) is 1. The Hall–Kier alpha value is -2.94. The predicted molar refractivity (Wildman–Crippen MR) is 126 cm³/mol. The smallest absolute Gasteiger partial charge is 0.247 e. The molecule has 1 aromatic carbocycles. The van der Waals surface area contributed by atoms with Crippen molar-refractivity contribution in [3.05, 3.63) is 64.1 Å². The Bertz CT molecular complexity index is 1110. The van der Waals surface area contributed by atoms with Crippen LogP contribution in [-0.2, 0) is 4.74 Å². The van der Waals surface area contributed by atoms with Gasteiger partial charge in [0.2, 0.25) is 6.23 Å². The number of aromatic nitrogens is 1. The molecule has 10 heteroatoms. The number of nitriles is 1. The molecular formula is C23H26N6O3S. The van der Waals surface area contributed by atoms with Crippen molar-refractivity contribution in [1.82, 2.24) is 9.88 Å². The van der Waals surface area contributed by atoms with Crippen LogP contribution in [0.3, 0.4) is 0 Å². The van der Waals surface area contributed by atoms with Crippen molar-refractivity contribution in [1.29, 1.82) is 5.26 Å². The number of benzene rings is 1. The van der Waals surface area contributed by atoms with Gasteiger partial charge in [-0.2, -0.15) is 5.26 Å². The molecule has 4 heterocycles. The van der Waals surface area contributed by atoms with Crippen LogP contribution in [0.2, 0.25) is 0 Å². The molecule has 172 valence electrons. The van der Waals surface area contributed by atoms with E-state index >= 15 is 0 Å². The predicted octanol–water partition coefficient (Wildman–Crippen LogP) is 1.26. The Kier molecular flexibility index (Phi) is 6.05. The van der Waals surface area contributed by atoms with Gasteiger partial charge < -0.3 is 34.8 Å². The number of rotatable bonds is 5. The normalized spacial score (nSPS) is 25.3. The van der Waals surface area contributed by atoms with E-state index in [9.17, 15) is 10.3 Å². The van der Waals surface area contributed by atoms with Crippen LogP contribution < -0.4 is 14.9 Å². The van der Waals surface area contributed by atoms with E-state index < -0.39 is 12.3 Å². The summed E-state index contributed by atoms with van der Waals surface area (Å²) in [5, 5.41) is 31.6. The Morgan fingerprint density at radius 1 is 1.30 bits per heavy atom. The number of aliphatic hydroxyl groups excluding tert-OH is 1. The van der Waals surface area contributed by atoms with Crippen LogP contribution >= 0.6 is 11.3 Å². The van der Waals surface area contributed by atoms with Crippen LogP contribution in [0.15, 0.2) is 42.9 Å². The van der Waals surface area contributed by atoms with Gasteiger partial charge in [-0.15, -0.1) is 0 Å². The van der Waals surface area contributed by atoms with Gasteiger partial charge in [0.15, 0.2) is 11.2 Å². The molecule has 33 heavy (non-hydrogen) atoms. The number of aliphatic hydroxyl groups is 1. The van der Waals surface area contributed by atoms with Gasteiger partial charge in [-0.3, -0.25) is 0 Å². The van der Waals surface area contributed by atoms with Gasteiger partial charge in [0.1, 0.15) is 10.9 Å². The number of nitrogens with zero attached hydrogens (tertiary/aromatic N) is 5. The van der Waals surface area contributed by atoms with Gasteiger partial charge >= 0.3 is 0 Å². The van der Waals surface area contributed by atoms with Crippen LogP contribution in [0.1, 0.15) is 29.0 Å². The maximum atomic E-state index is 11.9. The van der Waals surface area contributed by atoms with Crippen LogP contribution in [0.4, 0.5) is 10.8 Å². The minimum atomic E-state index is -0.888. The largest absolute Gasteiger partial charge is 0.632 e. The van der Waals surface area contributed by atoms with Crippen molar-refractivity contribution in [2.24, 2.45) is 0 Å². The molecule has 0 amide bonds. The maximum Gasteiger partial charge on any atom is 0.247 e. The second-order valence-electron chi connectivity index (χ2n) is 8.18. The highest BCUT2D eigenvalue weighted by Crippen LogP contribution is 2.35. The highest BCUT2D eigenvalue weighted by Gasteiger charge is 2.49. The first kappa shape index (κ1) is 21.9. The number of allylic oxidation sites excluding steroid dienone is 1. The van der Waals surface area contributed by atoms with E-state index in [0.717, 1.165) is 53.8 Å². The first-order valence-corrected chi connectivity index (χ1v) is 11.8. The molecule has 0 bridgehead atoms. The lowest BCUT2D eigenvalue weighted by Gasteiger charge is -2.35. The van der Waals surface area contributed by atoms with E-state index in [1.807, 2.05) is 30.3 Å². The monoisotopic (exact) mass is 466 g/mol. The molecule has 3 aliphatic heterocycles. The third-order valence-electron chi connectivity index (χ3n) is 6.25. The summed E-state index contributed by atoms with van der Waals surface area (Å²) in [5.74, 6) is 0. The summed E-state index contributed by atoms with van der Waals surface area (Å²) in [6.07, 6.45) is 6.82. The van der Waals surface area contributed by atoms with E-state index in [-0.39, 0.29) is 5.06 Å². The van der Waals surface area contributed by atoms with Gasteiger partial charge in [0.25, 0.3) is 0 Å². The minimum absolute atomic E-state index is 0.115. The quantitative estimate of drug-likeness (QED) is 0.502. The number of ether oxygens (including phenoxy) is 1. The third-order valence-corrected chi connectivity index (χ3v) is 7.19. The Morgan fingerprint density at radius 3 is 2.70 bits per heavy atom. The van der Waals surface area contributed by atoms with E-state index in [0.29, 0.717) is 18.1 Å². The number of hydrogen-bond acceptors (Lipinski definition) is 9. The van der Waals surface area contributed by atoms with Crippen molar-refractivity contribution in [2.45, 2.75) is 19.2 Å². The van der Waals surface area contributed by atoms with Gasteiger partial charge in [-0.25, -0.2) is 4.98 Å². The molecule has 5 rings (SSSR count). The van der Waals surface area contributed by atoms with E-state index in [2.05, 4.69) is 39.1 Å². The Morgan fingerprint density at radius 2 is 2.09 bits per heavy atom.